The number of hydrogen-bond donors (Lipinski definition) is 1. The minimum atomic E-state index is -0.879. The lowest BCUT2D eigenvalue weighted by Crippen LogP contribution is -2.24. The Kier molecular flexibility index (Phi) is 6.57. The zero-order valence-corrected chi connectivity index (χ0v) is 13.3. The van der Waals surface area contributed by atoms with Gasteiger partial charge in [-0.15, -0.1) is 0 Å². The van der Waals surface area contributed by atoms with E-state index in [2.05, 4.69) is 0 Å². The third-order valence-corrected chi connectivity index (χ3v) is 3.61. The van der Waals surface area contributed by atoms with E-state index in [1.54, 1.807) is 6.92 Å². The van der Waals surface area contributed by atoms with Gasteiger partial charge >= 0.3 is 5.97 Å². The molecule has 0 saturated carbocycles. The van der Waals surface area contributed by atoms with Crippen molar-refractivity contribution in [3.8, 4) is 0 Å². The fourth-order valence-corrected chi connectivity index (χ4v) is 2.40. The van der Waals surface area contributed by atoms with Gasteiger partial charge in [0.15, 0.2) is 0 Å². The zero-order valence-electron chi connectivity index (χ0n) is 13.3. The molecule has 0 saturated heterocycles. The first-order chi connectivity index (χ1) is 11.2. The Morgan fingerprint density at radius 1 is 1.09 bits per heavy atom. The molecule has 0 fully saturated rings. The van der Waals surface area contributed by atoms with Crippen molar-refractivity contribution in [2.24, 2.45) is 5.92 Å². The molecule has 0 aliphatic heterocycles. The van der Waals surface area contributed by atoms with Crippen molar-refractivity contribution in [3.05, 3.63) is 77.9 Å². The Bertz CT molecular complexity index is 620. The van der Waals surface area contributed by atoms with E-state index >= 15 is 0 Å². The van der Waals surface area contributed by atoms with E-state index in [1.807, 2.05) is 72.8 Å². The number of aliphatic hydroxyl groups excluding tert-OH is 1. The number of carbonyl (C=O) groups is 1. The minimum Gasteiger partial charge on any atom is -0.466 e. The first-order valence-electron chi connectivity index (χ1n) is 7.83. The van der Waals surface area contributed by atoms with E-state index in [0.29, 0.717) is 13.0 Å². The summed E-state index contributed by atoms with van der Waals surface area (Å²) in [5, 5.41) is 10.5. The average Bonchev–Trinajstić information content (AvgIpc) is 2.60. The lowest BCUT2D eigenvalue weighted by atomic mass is 9.92. The molecule has 2 atom stereocenters. The van der Waals surface area contributed by atoms with Gasteiger partial charge in [-0.2, -0.15) is 0 Å². The number of esters is 1. The molecule has 3 nitrogen and oxygen atoms in total. The van der Waals surface area contributed by atoms with Crippen molar-refractivity contribution in [2.75, 3.05) is 6.61 Å². The summed E-state index contributed by atoms with van der Waals surface area (Å²) in [5.41, 5.74) is 1.78. The highest BCUT2D eigenvalue weighted by molar-refractivity contribution is 5.74. The second kappa shape index (κ2) is 8.91. The SMILES string of the molecule is CCOC(=O)C(C/C=C/c1ccccc1)C(O)c1ccccc1. The smallest absolute Gasteiger partial charge is 0.312 e. The Balaban J connectivity index is 2.11. The van der Waals surface area contributed by atoms with Gasteiger partial charge in [-0.25, -0.2) is 0 Å². The van der Waals surface area contributed by atoms with E-state index in [1.165, 1.54) is 0 Å². The second-order valence-corrected chi connectivity index (χ2v) is 5.26. The molecule has 0 radical (unpaired) electrons. The van der Waals surface area contributed by atoms with Crippen molar-refractivity contribution in [1.82, 2.24) is 0 Å². The monoisotopic (exact) mass is 310 g/mol. The van der Waals surface area contributed by atoms with Gasteiger partial charge in [0, 0.05) is 0 Å². The molecule has 23 heavy (non-hydrogen) atoms. The van der Waals surface area contributed by atoms with Gasteiger partial charge in [-0.3, -0.25) is 4.79 Å². The molecule has 2 aromatic rings. The van der Waals surface area contributed by atoms with E-state index in [4.69, 9.17) is 4.74 Å². The van der Waals surface area contributed by atoms with Crippen molar-refractivity contribution >= 4 is 12.0 Å². The summed E-state index contributed by atoms with van der Waals surface area (Å²) >= 11 is 0. The third-order valence-electron chi connectivity index (χ3n) is 3.61. The van der Waals surface area contributed by atoms with E-state index < -0.39 is 12.0 Å². The van der Waals surface area contributed by atoms with Crippen LogP contribution in [-0.4, -0.2) is 17.7 Å². The fraction of sp³-hybridized carbons (Fsp3) is 0.250. The van der Waals surface area contributed by atoms with Crippen LogP contribution in [0.3, 0.4) is 0 Å². The number of aliphatic hydroxyl groups is 1. The Morgan fingerprint density at radius 3 is 2.30 bits per heavy atom. The lowest BCUT2D eigenvalue weighted by Gasteiger charge is -2.20. The first kappa shape index (κ1) is 17.0. The van der Waals surface area contributed by atoms with E-state index in [0.717, 1.165) is 11.1 Å². The number of ether oxygens (including phenoxy) is 1. The second-order valence-electron chi connectivity index (χ2n) is 5.26. The van der Waals surface area contributed by atoms with Gasteiger partial charge in [0.1, 0.15) is 0 Å². The third kappa shape index (κ3) is 5.08. The molecule has 0 spiro atoms. The van der Waals surface area contributed by atoms with E-state index in [-0.39, 0.29) is 5.97 Å². The summed E-state index contributed by atoms with van der Waals surface area (Å²) in [7, 11) is 0. The molecule has 2 aromatic carbocycles. The number of carbonyl (C=O) groups excluding carboxylic acids is 1. The highest BCUT2D eigenvalue weighted by atomic mass is 16.5. The molecular formula is C20H22O3. The normalized spacial score (nSPS) is 13.7. The molecule has 0 aromatic heterocycles. The molecule has 0 bridgehead atoms. The average molecular weight is 310 g/mol. The van der Waals surface area contributed by atoms with E-state index in [9.17, 15) is 9.90 Å². The van der Waals surface area contributed by atoms with Crippen LogP contribution >= 0.6 is 0 Å². The Hall–Kier alpha value is -2.39. The minimum absolute atomic E-state index is 0.305. The molecule has 0 amide bonds. The van der Waals surface area contributed by atoms with Crippen LogP contribution < -0.4 is 0 Å². The van der Waals surface area contributed by atoms with Crippen LogP contribution in [0.15, 0.2) is 66.7 Å². The Morgan fingerprint density at radius 2 is 1.70 bits per heavy atom. The molecule has 0 aliphatic carbocycles. The predicted molar refractivity (Wildman–Crippen MR) is 91.6 cm³/mol. The highest BCUT2D eigenvalue weighted by Crippen LogP contribution is 2.26. The van der Waals surface area contributed by atoms with Gasteiger partial charge < -0.3 is 9.84 Å². The summed E-state index contributed by atoms with van der Waals surface area (Å²) in [4.78, 5) is 12.2. The molecule has 2 rings (SSSR count). The van der Waals surface area contributed by atoms with Gasteiger partial charge in [0.05, 0.1) is 18.6 Å². The maximum absolute atomic E-state index is 12.2. The molecule has 1 N–H and O–H groups in total. The predicted octanol–water partition coefficient (Wildman–Crippen LogP) is 4.00. The number of hydrogen-bond acceptors (Lipinski definition) is 3. The standard InChI is InChI=1S/C20H22O3/c1-2-23-20(22)18(19(21)17-13-7-4-8-14-17)15-9-12-16-10-5-3-6-11-16/h3-14,18-19,21H,2,15H2,1H3/b12-9+. The summed E-state index contributed by atoms with van der Waals surface area (Å²) in [5.74, 6) is -0.987. The van der Waals surface area contributed by atoms with Gasteiger partial charge in [0.2, 0.25) is 0 Å². The van der Waals surface area contributed by atoms with Crippen LogP contribution in [0.5, 0.6) is 0 Å². The van der Waals surface area contributed by atoms with Crippen molar-refractivity contribution in [1.29, 1.82) is 0 Å². The lowest BCUT2D eigenvalue weighted by molar-refractivity contribution is -0.152. The van der Waals surface area contributed by atoms with Crippen LogP contribution in [-0.2, 0) is 9.53 Å². The maximum atomic E-state index is 12.2. The van der Waals surface area contributed by atoms with Gasteiger partial charge in [-0.05, 0) is 24.5 Å². The summed E-state index contributed by atoms with van der Waals surface area (Å²) in [6.45, 7) is 2.07. The summed E-state index contributed by atoms with van der Waals surface area (Å²) < 4.78 is 5.12. The largest absolute Gasteiger partial charge is 0.466 e. The fourth-order valence-electron chi connectivity index (χ4n) is 2.40. The van der Waals surface area contributed by atoms with Crippen LogP contribution in [0.25, 0.3) is 6.08 Å². The molecule has 120 valence electrons. The van der Waals surface area contributed by atoms with Crippen LogP contribution in [0.4, 0.5) is 0 Å². The molecular weight excluding hydrogens is 288 g/mol. The number of allylic oxidation sites excluding steroid dienone is 1. The van der Waals surface area contributed by atoms with Crippen molar-refractivity contribution < 1.29 is 14.6 Å². The van der Waals surface area contributed by atoms with Crippen LogP contribution in [0.1, 0.15) is 30.6 Å². The number of rotatable bonds is 7. The molecule has 0 aliphatic rings. The number of benzene rings is 2. The molecule has 3 heteroatoms. The Labute approximate surface area is 137 Å². The maximum Gasteiger partial charge on any atom is 0.312 e. The van der Waals surface area contributed by atoms with Crippen molar-refractivity contribution in [3.63, 3.8) is 0 Å². The summed E-state index contributed by atoms with van der Waals surface area (Å²) in [6, 6.07) is 19.1. The van der Waals surface area contributed by atoms with Gasteiger partial charge in [-0.1, -0.05) is 72.8 Å². The van der Waals surface area contributed by atoms with Gasteiger partial charge in [0.25, 0.3) is 0 Å². The zero-order chi connectivity index (χ0) is 16.5. The molecule has 0 heterocycles. The summed E-state index contributed by atoms with van der Waals surface area (Å²) in [6.07, 6.45) is 3.40. The van der Waals surface area contributed by atoms with Crippen molar-refractivity contribution in [2.45, 2.75) is 19.4 Å². The van der Waals surface area contributed by atoms with Crippen LogP contribution in [0, 0.1) is 5.92 Å². The van der Waals surface area contributed by atoms with Crippen LogP contribution in [0.2, 0.25) is 0 Å². The quantitative estimate of drug-likeness (QED) is 0.786. The molecule has 2 unspecified atom stereocenters. The highest BCUT2D eigenvalue weighted by Gasteiger charge is 2.28. The topological polar surface area (TPSA) is 46.5 Å². The first-order valence-corrected chi connectivity index (χ1v) is 7.83.